The molecule has 0 spiro atoms. The Bertz CT molecular complexity index is 1020. The van der Waals surface area contributed by atoms with Crippen LogP contribution < -0.4 is 15.7 Å². The quantitative estimate of drug-likeness (QED) is 0.689. The van der Waals surface area contributed by atoms with Crippen molar-refractivity contribution in [3.63, 3.8) is 0 Å². The molecule has 0 radical (unpaired) electrons. The number of fused-ring (bicyclic) bond motifs is 1. The highest BCUT2D eigenvalue weighted by molar-refractivity contribution is 7.71. The van der Waals surface area contributed by atoms with Gasteiger partial charge in [0.05, 0.1) is 17.5 Å². The van der Waals surface area contributed by atoms with Crippen molar-refractivity contribution in [1.29, 1.82) is 0 Å². The van der Waals surface area contributed by atoms with Crippen molar-refractivity contribution in [2.24, 2.45) is 0 Å². The fourth-order valence-corrected chi connectivity index (χ4v) is 2.59. The van der Waals surface area contributed by atoms with Gasteiger partial charge in [0.25, 0.3) is 11.5 Å². The number of H-pyrrole nitrogens is 1. The van der Waals surface area contributed by atoms with E-state index in [0.29, 0.717) is 28.8 Å². The Morgan fingerprint density at radius 1 is 1.20 bits per heavy atom. The molecule has 2 N–H and O–H groups in total. The maximum absolute atomic E-state index is 12.5. The molecule has 1 amide bonds. The van der Waals surface area contributed by atoms with Crippen molar-refractivity contribution < 1.29 is 9.53 Å². The van der Waals surface area contributed by atoms with E-state index in [1.165, 1.54) is 0 Å². The molecule has 2 aromatic carbocycles. The third kappa shape index (κ3) is 3.61. The molecule has 0 aliphatic heterocycles. The maximum Gasteiger partial charge on any atom is 0.281 e. The number of carbonyl (C=O) groups is 1. The van der Waals surface area contributed by atoms with Gasteiger partial charge in [-0.05, 0) is 55.0 Å². The van der Waals surface area contributed by atoms with Gasteiger partial charge in [-0.15, -0.1) is 0 Å². The van der Waals surface area contributed by atoms with Crippen molar-refractivity contribution >= 4 is 29.0 Å². The van der Waals surface area contributed by atoms with Gasteiger partial charge in [0.1, 0.15) is 5.75 Å². The lowest BCUT2D eigenvalue weighted by Crippen LogP contribution is -2.34. The van der Waals surface area contributed by atoms with E-state index in [1.807, 2.05) is 6.92 Å². The first-order chi connectivity index (χ1) is 12.1. The van der Waals surface area contributed by atoms with Gasteiger partial charge in [-0.25, -0.2) is 0 Å². The monoisotopic (exact) mass is 355 g/mol. The minimum absolute atomic E-state index is 0.125. The summed E-state index contributed by atoms with van der Waals surface area (Å²) in [6.45, 7) is 2.64. The highest BCUT2D eigenvalue weighted by Gasteiger charge is 2.10. The standard InChI is InChI=1S/C18H17N3O3S/c1-2-11-24-13-9-7-12(8-10-13)16(22)20-21-17(23)14-5-3-4-6-15(14)19-18(21)25/h3-10H,2,11H2,1H3,(H,19,25)(H,20,22). The lowest BCUT2D eigenvalue weighted by atomic mass is 10.2. The second-order valence-electron chi connectivity index (χ2n) is 5.43. The lowest BCUT2D eigenvalue weighted by molar-refractivity contribution is 0.101. The molecule has 0 fully saturated rings. The van der Waals surface area contributed by atoms with Crippen LogP contribution in [0.2, 0.25) is 0 Å². The highest BCUT2D eigenvalue weighted by atomic mass is 32.1. The van der Waals surface area contributed by atoms with E-state index in [1.54, 1.807) is 48.5 Å². The van der Waals surface area contributed by atoms with Gasteiger partial charge in [0.2, 0.25) is 0 Å². The Labute approximate surface area is 149 Å². The van der Waals surface area contributed by atoms with Gasteiger partial charge in [0, 0.05) is 5.56 Å². The van der Waals surface area contributed by atoms with Crippen LogP contribution in [0.25, 0.3) is 10.9 Å². The largest absolute Gasteiger partial charge is 0.494 e. The molecule has 0 aliphatic rings. The summed E-state index contributed by atoms with van der Waals surface area (Å²) in [4.78, 5) is 27.9. The average molecular weight is 355 g/mol. The summed E-state index contributed by atoms with van der Waals surface area (Å²) in [7, 11) is 0. The fraction of sp³-hybridized carbons (Fsp3) is 0.167. The summed E-state index contributed by atoms with van der Waals surface area (Å²) in [5.74, 6) is 0.262. The molecular formula is C18H17N3O3S. The number of carbonyl (C=O) groups excluding carboxylic acids is 1. The number of ether oxygens (including phenoxy) is 1. The molecule has 3 aromatic rings. The van der Waals surface area contributed by atoms with E-state index in [0.717, 1.165) is 11.1 Å². The van der Waals surface area contributed by atoms with Crippen LogP contribution in [0.15, 0.2) is 53.3 Å². The SMILES string of the molecule is CCCOc1ccc(C(=O)Nn2c(=S)[nH]c3ccccc3c2=O)cc1. The predicted molar refractivity (Wildman–Crippen MR) is 99.3 cm³/mol. The number of nitrogens with one attached hydrogen (secondary N) is 2. The van der Waals surface area contributed by atoms with Crippen molar-refractivity contribution in [1.82, 2.24) is 9.66 Å². The van der Waals surface area contributed by atoms with Gasteiger partial charge in [-0.2, -0.15) is 4.68 Å². The van der Waals surface area contributed by atoms with E-state index < -0.39 is 5.91 Å². The summed E-state index contributed by atoms with van der Waals surface area (Å²) in [5.41, 5.74) is 3.19. The Morgan fingerprint density at radius 2 is 1.92 bits per heavy atom. The normalized spacial score (nSPS) is 10.6. The molecule has 0 atom stereocenters. The Balaban J connectivity index is 1.87. The minimum Gasteiger partial charge on any atom is -0.494 e. The Morgan fingerprint density at radius 3 is 2.64 bits per heavy atom. The van der Waals surface area contributed by atoms with Crippen molar-refractivity contribution in [3.8, 4) is 5.75 Å². The summed E-state index contributed by atoms with van der Waals surface area (Å²) < 4.78 is 6.65. The van der Waals surface area contributed by atoms with Crippen molar-refractivity contribution in [2.45, 2.75) is 13.3 Å². The molecule has 128 valence electrons. The third-order valence-electron chi connectivity index (χ3n) is 3.61. The van der Waals surface area contributed by atoms with E-state index in [4.69, 9.17) is 17.0 Å². The maximum atomic E-state index is 12.5. The zero-order valence-electron chi connectivity index (χ0n) is 13.6. The number of rotatable bonds is 5. The van der Waals surface area contributed by atoms with Crippen LogP contribution in [0.3, 0.4) is 0 Å². The second kappa shape index (κ2) is 7.31. The van der Waals surface area contributed by atoms with Crippen LogP contribution in [0.1, 0.15) is 23.7 Å². The van der Waals surface area contributed by atoms with Crippen molar-refractivity contribution in [2.75, 3.05) is 12.0 Å². The van der Waals surface area contributed by atoms with Crippen LogP contribution in [0.5, 0.6) is 5.75 Å². The van der Waals surface area contributed by atoms with Crippen molar-refractivity contribution in [3.05, 3.63) is 69.2 Å². The highest BCUT2D eigenvalue weighted by Crippen LogP contribution is 2.13. The number of hydrogen-bond acceptors (Lipinski definition) is 4. The Hall–Kier alpha value is -2.93. The molecule has 6 nitrogen and oxygen atoms in total. The van der Waals surface area contributed by atoms with Crippen LogP contribution in [-0.4, -0.2) is 22.2 Å². The van der Waals surface area contributed by atoms with E-state index >= 15 is 0 Å². The number of aromatic amines is 1. The zero-order valence-corrected chi connectivity index (χ0v) is 14.4. The molecule has 0 unspecified atom stereocenters. The summed E-state index contributed by atoms with van der Waals surface area (Å²) in [6.07, 6.45) is 0.908. The molecule has 3 rings (SSSR count). The number of para-hydroxylation sites is 1. The van der Waals surface area contributed by atoms with E-state index in [2.05, 4.69) is 10.4 Å². The fourth-order valence-electron chi connectivity index (χ4n) is 2.35. The van der Waals surface area contributed by atoms with Gasteiger partial charge in [-0.3, -0.25) is 15.0 Å². The topological polar surface area (TPSA) is 76.1 Å². The number of amides is 1. The third-order valence-corrected chi connectivity index (χ3v) is 3.89. The zero-order chi connectivity index (χ0) is 17.8. The molecule has 0 aliphatic carbocycles. The second-order valence-corrected chi connectivity index (χ2v) is 5.82. The summed E-state index contributed by atoms with van der Waals surface area (Å²) in [5, 5.41) is 0.444. The number of hydrogen-bond donors (Lipinski definition) is 2. The summed E-state index contributed by atoms with van der Waals surface area (Å²) >= 11 is 5.18. The van der Waals surface area contributed by atoms with E-state index in [-0.39, 0.29) is 10.3 Å². The first-order valence-electron chi connectivity index (χ1n) is 7.88. The average Bonchev–Trinajstić information content (AvgIpc) is 2.63. The molecule has 0 saturated heterocycles. The van der Waals surface area contributed by atoms with Gasteiger partial charge in [-0.1, -0.05) is 19.1 Å². The summed E-state index contributed by atoms with van der Waals surface area (Å²) in [6, 6.07) is 13.7. The number of nitrogens with zero attached hydrogens (tertiary/aromatic N) is 1. The molecule has 0 bridgehead atoms. The van der Waals surface area contributed by atoms with Crippen LogP contribution >= 0.6 is 12.2 Å². The smallest absolute Gasteiger partial charge is 0.281 e. The minimum atomic E-state index is -0.432. The van der Waals surface area contributed by atoms with Gasteiger partial charge in [0.15, 0.2) is 4.77 Å². The van der Waals surface area contributed by atoms with Gasteiger partial charge < -0.3 is 9.72 Å². The molecule has 25 heavy (non-hydrogen) atoms. The Kier molecular flexibility index (Phi) is 4.95. The number of benzene rings is 2. The molecule has 0 saturated carbocycles. The first kappa shape index (κ1) is 16.9. The van der Waals surface area contributed by atoms with Gasteiger partial charge >= 0.3 is 0 Å². The first-order valence-corrected chi connectivity index (χ1v) is 8.29. The van der Waals surface area contributed by atoms with Crippen LogP contribution in [-0.2, 0) is 0 Å². The lowest BCUT2D eigenvalue weighted by Gasteiger charge is -2.10. The molecule has 7 heteroatoms. The van der Waals surface area contributed by atoms with Crippen LogP contribution in [0, 0.1) is 4.77 Å². The molecule has 1 heterocycles. The predicted octanol–water partition coefficient (Wildman–Crippen LogP) is 3.23. The number of aromatic nitrogens is 2. The van der Waals surface area contributed by atoms with E-state index in [9.17, 15) is 9.59 Å². The molecule has 1 aromatic heterocycles. The molecular weight excluding hydrogens is 338 g/mol. The van der Waals surface area contributed by atoms with Crippen LogP contribution in [0.4, 0.5) is 0 Å².